The lowest BCUT2D eigenvalue weighted by molar-refractivity contribution is -0.130. The molecule has 122 valence electrons. The van der Waals surface area contributed by atoms with Crippen LogP contribution in [-0.2, 0) is 27.8 Å². The summed E-state index contributed by atoms with van der Waals surface area (Å²) in [5.41, 5.74) is 3.20. The van der Waals surface area contributed by atoms with Gasteiger partial charge in [-0.1, -0.05) is 18.2 Å². The lowest BCUT2D eigenvalue weighted by atomic mass is 10.1. The highest BCUT2D eigenvalue weighted by Crippen LogP contribution is 2.27. The molecular formula is C15H17N3O3S2. The average Bonchev–Trinajstić information content (AvgIpc) is 2.90. The number of thiazole rings is 1. The van der Waals surface area contributed by atoms with Gasteiger partial charge in [-0.05, 0) is 11.6 Å². The van der Waals surface area contributed by atoms with E-state index in [1.54, 1.807) is 22.7 Å². The molecule has 0 unspecified atom stereocenters. The number of rotatable bonds is 3. The highest BCUT2D eigenvalue weighted by Gasteiger charge is 2.27. The van der Waals surface area contributed by atoms with Crippen LogP contribution in [0.25, 0.3) is 0 Å². The summed E-state index contributed by atoms with van der Waals surface area (Å²) >= 11 is 1.45. The molecule has 0 atom stereocenters. The number of anilines is 1. The van der Waals surface area contributed by atoms with Crippen LogP contribution in [0, 0.1) is 0 Å². The van der Waals surface area contributed by atoms with Crippen molar-refractivity contribution in [1.29, 1.82) is 0 Å². The van der Waals surface area contributed by atoms with E-state index < -0.39 is 10.0 Å². The first kappa shape index (κ1) is 15.9. The molecule has 0 spiro atoms. The van der Waals surface area contributed by atoms with Crippen molar-refractivity contribution >= 4 is 33.0 Å². The summed E-state index contributed by atoms with van der Waals surface area (Å²) in [6.07, 6.45) is 3.18. The first-order valence-electron chi connectivity index (χ1n) is 7.16. The highest BCUT2D eigenvalue weighted by molar-refractivity contribution is 7.92. The Labute approximate surface area is 139 Å². The minimum absolute atomic E-state index is 0.0144. The zero-order valence-corrected chi connectivity index (χ0v) is 14.3. The van der Waals surface area contributed by atoms with Crippen molar-refractivity contribution in [3.63, 3.8) is 0 Å². The molecule has 1 aliphatic rings. The predicted octanol–water partition coefficient (Wildman–Crippen LogP) is 1.49. The SMILES string of the molecule is CS(=O)(=O)N1CCN(C(=O)Cc2cncs2)Cc2ccccc21. The van der Waals surface area contributed by atoms with Crippen molar-refractivity contribution in [3.05, 3.63) is 46.4 Å². The summed E-state index contributed by atoms with van der Waals surface area (Å²) in [6, 6.07) is 7.32. The van der Waals surface area contributed by atoms with E-state index in [2.05, 4.69) is 4.98 Å². The van der Waals surface area contributed by atoms with Gasteiger partial charge < -0.3 is 4.90 Å². The lowest BCUT2D eigenvalue weighted by Gasteiger charge is -2.22. The Hall–Kier alpha value is -1.93. The van der Waals surface area contributed by atoms with Crippen molar-refractivity contribution in [2.75, 3.05) is 23.7 Å². The highest BCUT2D eigenvalue weighted by atomic mass is 32.2. The largest absolute Gasteiger partial charge is 0.336 e. The Morgan fingerprint density at radius 1 is 1.30 bits per heavy atom. The van der Waals surface area contributed by atoms with Gasteiger partial charge in [0.2, 0.25) is 15.9 Å². The van der Waals surface area contributed by atoms with Gasteiger partial charge in [-0.25, -0.2) is 8.42 Å². The van der Waals surface area contributed by atoms with Crippen molar-refractivity contribution < 1.29 is 13.2 Å². The van der Waals surface area contributed by atoms with Gasteiger partial charge in [-0.15, -0.1) is 11.3 Å². The van der Waals surface area contributed by atoms with Crippen LogP contribution in [-0.4, -0.2) is 43.6 Å². The van der Waals surface area contributed by atoms with Crippen LogP contribution >= 0.6 is 11.3 Å². The number of hydrogen-bond acceptors (Lipinski definition) is 5. The predicted molar refractivity (Wildman–Crippen MR) is 89.9 cm³/mol. The number of benzene rings is 1. The maximum Gasteiger partial charge on any atom is 0.232 e. The van der Waals surface area contributed by atoms with E-state index in [0.717, 1.165) is 10.4 Å². The molecule has 0 aliphatic carbocycles. The molecule has 0 saturated carbocycles. The number of carbonyl (C=O) groups excluding carboxylic acids is 1. The summed E-state index contributed by atoms with van der Waals surface area (Å²) in [5.74, 6) is -0.0144. The van der Waals surface area contributed by atoms with Gasteiger partial charge >= 0.3 is 0 Å². The van der Waals surface area contributed by atoms with E-state index in [1.807, 2.05) is 18.2 Å². The van der Waals surface area contributed by atoms with E-state index in [1.165, 1.54) is 21.9 Å². The second-order valence-electron chi connectivity index (χ2n) is 5.42. The van der Waals surface area contributed by atoms with Gasteiger partial charge in [0.05, 0.1) is 30.4 Å². The minimum Gasteiger partial charge on any atom is -0.336 e. The first-order valence-corrected chi connectivity index (χ1v) is 9.89. The quantitative estimate of drug-likeness (QED) is 0.840. The van der Waals surface area contributed by atoms with Gasteiger partial charge in [-0.3, -0.25) is 14.1 Å². The van der Waals surface area contributed by atoms with Crippen LogP contribution in [0.1, 0.15) is 10.4 Å². The zero-order valence-electron chi connectivity index (χ0n) is 12.7. The third-order valence-corrected chi connectivity index (χ3v) is 5.72. The molecule has 8 heteroatoms. The molecule has 6 nitrogen and oxygen atoms in total. The van der Waals surface area contributed by atoms with Crippen LogP contribution in [0.3, 0.4) is 0 Å². The number of amides is 1. The Kier molecular flexibility index (Phi) is 4.36. The monoisotopic (exact) mass is 351 g/mol. The molecular weight excluding hydrogens is 334 g/mol. The second-order valence-corrected chi connectivity index (χ2v) is 8.30. The van der Waals surface area contributed by atoms with Crippen LogP contribution in [0.2, 0.25) is 0 Å². The molecule has 0 saturated heterocycles. The first-order chi connectivity index (χ1) is 10.9. The van der Waals surface area contributed by atoms with Crippen LogP contribution in [0.15, 0.2) is 36.0 Å². The number of fused-ring (bicyclic) bond motifs is 1. The number of sulfonamides is 1. The van der Waals surface area contributed by atoms with Crippen LogP contribution in [0.4, 0.5) is 5.69 Å². The molecule has 0 bridgehead atoms. The van der Waals surface area contributed by atoms with Crippen LogP contribution in [0.5, 0.6) is 0 Å². The number of para-hydroxylation sites is 1. The second kappa shape index (κ2) is 6.29. The van der Waals surface area contributed by atoms with E-state index in [9.17, 15) is 13.2 Å². The molecule has 3 rings (SSSR count). The Morgan fingerprint density at radius 3 is 2.78 bits per heavy atom. The molecule has 2 heterocycles. The van der Waals surface area contributed by atoms with Crippen molar-refractivity contribution in [2.24, 2.45) is 0 Å². The Bertz CT molecular complexity index is 803. The summed E-state index contributed by atoms with van der Waals surface area (Å²) < 4.78 is 25.5. The number of aromatic nitrogens is 1. The Balaban J connectivity index is 1.87. The molecule has 23 heavy (non-hydrogen) atoms. The fraction of sp³-hybridized carbons (Fsp3) is 0.333. The normalized spacial score (nSPS) is 15.2. The fourth-order valence-corrected chi connectivity index (χ4v) is 4.19. The number of nitrogens with zero attached hydrogens (tertiary/aromatic N) is 3. The van der Waals surface area contributed by atoms with E-state index in [0.29, 0.717) is 25.2 Å². The van der Waals surface area contributed by atoms with Gasteiger partial charge in [-0.2, -0.15) is 0 Å². The zero-order chi connectivity index (χ0) is 16.4. The van der Waals surface area contributed by atoms with Crippen molar-refractivity contribution in [1.82, 2.24) is 9.88 Å². The van der Waals surface area contributed by atoms with Crippen molar-refractivity contribution in [3.8, 4) is 0 Å². The molecule has 1 aromatic heterocycles. The molecule has 0 radical (unpaired) electrons. The van der Waals surface area contributed by atoms with E-state index in [-0.39, 0.29) is 12.5 Å². The van der Waals surface area contributed by atoms with Gasteiger partial charge in [0, 0.05) is 24.2 Å². The fourth-order valence-electron chi connectivity index (χ4n) is 2.65. The average molecular weight is 351 g/mol. The summed E-state index contributed by atoms with van der Waals surface area (Å²) in [5, 5.41) is 0. The maximum atomic E-state index is 12.5. The number of carbonyl (C=O) groups is 1. The van der Waals surface area contributed by atoms with Gasteiger partial charge in [0.15, 0.2) is 0 Å². The Morgan fingerprint density at radius 2 is 2.09 bits per heavy atom. The standard InChI is InChI=1S/C15H17N3O3S2/c1-23(20,21)18-7-6-17(10-12-4-2-3-5-14(12)18)15(19)8-13-9-16-11-22-13/h2-5,9,11H,6-8,10H2,1H3. The molecule has 1 amide bonds. The summed E-state index contributed by atoms with van der Waals surface area (Å²) in [7, 11) is -3.37. The summed E-state index contributed by atoms with van der Waals surface area (Å²) in [4.78, 5) is 19.1. The van der Waals surface area contributed by atoms with Crippen LogP contribution < -0.4 is 4.31 Å². The topological polar surface area (TPSA) is 70.6 Å². The molecule has 2 aromatic rings. The number of hydrogen-bond donors (Lipinski definition) is 0. The lowest BCUT2D eigenvalue weighted by Crippen LogP contribution is -2.38. The smallest absolute Gasteiger partial charge is 0.232 e. The third kappa shape index (κ3) is 3.53. The third-order valence-electron chi connectivity index (χ3n) is 3.76. The van der Waals surface area contributed by atoms with E-state index in [4.69, 9.17) is 0 Å². The molecule has 0 N–H and O–H groups in total. The van der Waals surface area contributed by atoms with Crippen molar-refractivity contribution in [2.45, 2.75) is 13.0 Å². The van der Waals surface area contributed by atoms with Gasteiger partial charge in [0.25, 0.3) is 0 Å². The molecule has 1 aliphatic heterocycles. The van der Waals surface area contributed by atoms with E-state index >= 15 is 0 Å². The molecule has 0 fully saturated rings. The minimum atomic E-state index is -3.37. The van der Waals surface area contributed by atoms with Gasteiger partial charge in [0.1, 0.15) is 0 Å². The summed E-state index contributed by atoms with van der Waals surface area (Å²) in [6.45, 7) is 1.06. The molecule has 1 aromatic carbocycles. The maximum absolute atomic E-state index is 12.5.